The molecule has 5 N–H and O–H groups in total. The van der Waals surface area contributed by atoms with Crippen molar-refractivity contribution >= 4 is 22.3 Å². The minimum Gasteiger partial charge on any atom is -0.494 e. The van der Waals surface area contributed by atoms with Crippen LogP contribution >= 0.6 is 0 Å². The summed E-state index contributed by atoms with van der Waals surface area (Å²) in [5.74, 6) is 3.16. The minimum atomic E-state index is 0.525. The van der Waals surface area contributed by atoms with E-state index in [0.29, 0.717) is 52.8 Å². The Morgan fingerprint density at radius 3 is 2.42 bits per heavy atom. The average molecular weight is 497 g/mol. The maximum Gasteiger partial charge on any atom is 0.161 e. The molecule has 0 spiro atoms. The Kier molecular flexibility index (Phi) is 9.32. The summed E-state index contributed by atoms with van der Waals surface area (Å²) in [4.78, 5) is 0. The normalized spacial score (nSPS) is 11.3. The molecule has 1 aliphatic heterocycles. The van der Waals surface area contributed by atoms with E-state index < -0.39 is 0 Å². The van der Waals surface area contributed by atoms with Gasteiger partial charge in [0, 0.05) is 42.3 Å². The Hall–Kier alpha value is -3.40. The first-order chi connectivity index (χ1) is 17.7. The van der Waals surface area contributed by atoms with E-state index in [-0.39, 0.29) is 0 Å². The fraction of sp³-hybridized carbons (Fsp3) is 0.407. The molecule has 9 nitrogen and oxygen atoms in total. The predicted molar refractivity (Wildman–Crippen MR) is 142 cm³/mol. The van der Waals surface area contributed by atoms with Crippen molar-refractivity contribution in [2.45, 2.75) is 20.3 Å². The van der Waals surface area contributed by atoms with Crippen LogP contribution in [0.1, 0.15) is 20.3 Å². The number of nitrogens with two attached hydrogens (primary N) is 1. The number of hydrogen-bond acceptors (Lipinski definition) is 7. The van der Waals surface area contributed by atoms with Crippen molar-refractivity contribution in [2.24, 2.45) is 5.73 Å². The second kappa shape index (κ2) is 13.1. The van der Waals surface area contributed by atoms with Gasteiger partial charge in [-0.15, -0.1) is 0 Å². The number of rotatable bonds is 16. The largest absolute Gasteiger partial charge is 0.494 e. The fourth-order valence-electron chi connectivity index (χ4n) is 4.01. The van der Waals surface area contributed by atoms with Gasteiger partial charge in [-0.3, -0.25) is 10.2 Å². The summed E-state index contributed by atoms with van der Waals surface area (Å²) in [6.07, 6.45) is 0.766. The summed E-state index contributed by atoms with van der Waals surface area (Å²) in [5, 5.41) is 12.1. The number of aromatic nitrogens is 2. The van der Waals surface area contributed by atoms with Crippen molar-refractivity contribution in [3.05, 3.63) is 42.5 Å². The van der Waals surface area contributed by atoms with Crippen molar-refractivity contribution in [1.29, 1.82) is 0 Å². The number of ether oxygens (including phenoxy) is 5. The van der Waals surface area contributed by atoms with Gasteiger partial charge in [-0.25, -0.2) is 0 Å². The van der Waals surface area contributed by atoms with Crippen LogP contribution in [0.2, 0.25) is 0 Å². The van der Waals surface area contributed by atoms with Gasteiger partial charge in [-0.2, -0.15) is 0 Å². The van der Waals surface area contributed by atoms with Crippen LogP contribution in [0, 0.1) is 0 Å². The van der Waals surface area contributed by atoms with Gasteiger partial charge < -0.3 is 34.7 Å². The molecule has 194 valence electrons. The zero-order valence-electron chi connectivity index (χ0n) is 21.0. The molecule has 2 aliphatic rings. The van der Waals surface area contributed by atoms with Gasteiger partial charge in [0.25, 0.3) is 0 Å². The lowest BCUT2D eigenvalue weighted by Crippen LogP contribution is -2.13. The molecule has 0 unspecified atom stereocenters. The van der Waals surface area contributed by atoms with E-state index in [9.17, 15) is 0 Å². The van der Waals surface area contributed by atoms with Crippen molar-refractivity contribution in [1.82, 2.24) is 10.2 Å². The Morgan fingerprint density at radius 2 is 1.61 bits per heavy atom. The van der Waals surface area contributed by atoms with E-state index in [4.69, 9.17) is 29.4 Å². The molecular formula is C27H36N4O5. The van der Waals surface area contributed by atoms with E-state index in [1.807, 2.05) is 50.2 Å². The Balaban J connectivity index is 1.43. The number of H-pyrrole nitrogens is 2. The fourth-order valence-corrected chi connectivity index (χ4v) is 4.01. The van der Waals surface area contributed by atoms with Crippen LogP contribution in [0.5, 0.6) is 17.2 Å². The predicted octanol–water partition coefficient (Wildman–Crippen LogP) is 4.90. The quantitative estimate of drug-likeness (QED) is 0.163. The number of nitrogens with one attached hydrogen (secondary N) is 3. The third kappa shape index (κ3) is 6.42. The third-order valence-electron chi connectivity index (χ3n) is 5.58. The molecule has 1 heterocycles. The highest BCUT2D eigenvalue weighted by molar-refractivity contribution is 6.05. The highest BCUT2D eigenvalue weighted by Gasteiger charge is 2.20. The van der Waals surface area contributed by atoms with Crippen LogP contribution in [0.4, 0.5) is 11.5 Å². The summed E-state index contributed by atoms with van der Waals surface area (Å²) in [6, 6.07) is 14.1. The van der Waals surface area contributed by atoms with E-state index in [2.05, 4.69) is 21.6 Å². The molecular weight excluding hydrogens is 460 g/mol. The first-order valence-electron chi connectivity index (χ1n) is 12.5. The van der Waals surface area contributed by atoms with Crippen LogP contribution in [0.3, 0.4) is 0 Å². The van der Waals surface area contributed by atoms with Gasteiger partial charge in [0.05, 0.1) is 45.3 Å². The molecule has 9 heteroatoms. The van der Waals surface area contributed by atoms with E-state index in [0.717, 1.165) is 57.2 Å². The van der Waals surface area contributed by atoms with Crippen molar-refractivity contribution < 1.29 is 23.7 Å². The molecule has 0 saturated carbocycles. The first-order valence-corrected chi connectivity index (χ1v) is 12.5. The maximum absolute atomic E-state index is 6.09. The van der Waals surface area contributed by atoms with Crippen LogP contribution in [0.25, 0.3) is 22.0 Å². The molecule has 0 radical (unpaired) electrons. The maximum atomic E-state index is 6.09. The van der Waals surface area contributed by atoms with E-state index >= 15 is 0 Å². The Labute approximate surface area is 211 Å². The van der Waals surface area contributed by atoms with Crippen LogP contribution in [0.15, 0.2) is 42.5 Å². The SMILES string of the molecule is CCOc1cccc(Nc2[nH][nH]c3c4cc(OCCCOCCOCCN)c(OCC)cc4cc2-3)c1. The van der Waals surface area contributed by atoms with Gasteiger partial charge in [0.1, 0.15) is 11.6 Å². The third-order valence-corrected chi connectivity index (χ3v) is 5.58. The smallest absolute Gasteiger partial charge is 0.161 e. The number of hydrogen-bond donors (Lipinski definition) is 4. The van der Waals surface area contributed by atoms with E-state index in [1.165, 1.54) is 0 Å². The van der Waals surface area contributed by atoms with Crippen LogP contribution in [-0.2, 0) is 9.47 Å². The van der Waals surface area contributed by atoms with Gasteiger partial charge in [-0.05, 0) is 49.6 Å². The van der Waals surface area contributed by atoms with Gasteiger partial charge >= 0.3 is 0 Å². The van der Waals surface area contributed by atoms with E-state index in [1.54, 1.807) is 0 Å². The zero-order chi connectivity index (χ0) is 25.2. The molecule has 0 bridgehead atoms. The second-order valence-corrected chi connectivity index (χ2v) is 8.18. The molecule has 2 aromatic carbocycles. The lowest BCUT2D eigenvalue weighted by Gasteiger charge is -2.13. The molecule has 36 heavy (non-hydrogen) atoms. The molecule has 1 aliphatic carbocycles. The number of fused-ring (bicyclic) bond motifs is 3. The molecule has 0 amide bonds. The first kappa shape index (κ1) is 25.7. The standard InChI is InChI=1S/C27H36N4O5/c1-3-34-21-8-5-7-20(17-21)29-27-23-15-19-16-24(35-4-2)25(18-22(19)26(23)30-31-27)36-11-6-10-32-13-14-33-12-9-28/h5,7-8,15-18,29-31H,3-4,6,9-14,28H2,1-2H3. The minimum absolute atomic E-state index is 0.525. The molecule has 0 atom stereocenters. The molecule has 0 aromatic heterocycles. The summed E-state index contributed by atoms with van der Waals surface area (Å²) in [7, 11) is 0. The number of aromatic amines is 2. The molecule has 2 aromatic rings. The highest BCUT2D eigenvalue weighted by atomic mass is 16.5. The van der Waals surface area contributed by atoms with Crippen molar-refractivity contribution in [2.75, 3.05) is 58.1 Å². The zero-order valence-corrected chi connectivity index (χ0v) is 21.0. The Bertz CT molecular complexity index is 1190. The van der Waals surface area contributed by atoms with Crippen molar-refractivity contribution in [3.63, 3.8) is 0 Å². The second-order valence-electron chi connectivity index (χ2n) is 8.18. The lowest BCUT2D eigenvalue weighted by atomic mass is 10.2. The van der Waals surface area contributed by atoms with Crippen LogP contribution in [-0.4, -0.2) is 63.0 Å². The van der Waals surface area contributed by atoms with Crippen LogP contribution < -0.4 is 25.3 Å². The molecule has 4 rings (SSSR count). The lowest BCUT2D eigenvalue weighted by molar-refractivity contribution is 0.0462. The van der Waals surface area contributed by atoms with Crippen molar-refractivity contribution in [3.8, 4) is 28.5 Å². The number of benzene rings is 2. The number of anilines is 2. The summed E-state index contributed by atoms with van der Waals surface area (Å²) < 4.78 is 28.5. The highest BCUT2D eigenvalue weighted by Crippen LogP contribution is 2.43. The molecule has 0 saturated heterocycles. The van der Waals surface area contributed by atoms with Gasteiger partial charge in [0.15, 0.2) is 11.5 Å². The Morgan fingerprint density at radius 1 is 0.806 bits per heavy atom. The summed E-state index contributed by atoms with van der Waals surface area (Å²) in [6.45, 7) is 8.45. The monoisotopic (exact) mass is 496 g/mol. The van der Waals surface area contributed by atoms with Gasteiger partial charge in [0.2, 0.25) is 0 Å². The van der Waals surface area contributed by atoms with Gasteiger partial charge in [-0.1, -0.05) is 6.07 Å². The topological polar surface area (TPSA) is 116 Å². The average Bonchev–Trinajstić information content (AvgIpc) is 3.43. The summed E-state index contributed by atoms with van der Waals surface area (Å²) >= 11 is 0. The molecule has 0 fully saturated rings. The summed E-state index contributed by atoms with van der Waals surface area (Å²) in [5.41, 5.74) is 8.39.